The van der Waals surface area contributed by atoms with Gasteiger partial charge >= 0.3 is 6.61 Å². The molecule has 0 unspecified atom stereocenters. The molecule has 156 valence electrons. The van der Waals surface area contributed by atoms with Gasteiger partial charge in [0.25, 0.3) is 5.91 Å². The molecule has 2 amide bonds. The van der Waals surface area contributed by atoms with Gasteiger partial charge in [0.15, 0.2) is 11.5 Å². The van der Waals surface area contributed by atoms with Crippen LogP contribution < -0.4 is 20.1 Å². The Bertz CT molecular complexity index is 881. The minimum Gasteiger partial charge on any atom is -0.493 e. The molecule has 2 aromatic carbocycles. The summed E-state index contributed by atoms with van der Waals surface area (Å²) in [4.78, 5) is 23.9. The summed E-state index contributed by atoms with van der Waals surface area (Å²) in [5.74, 6) is -1.47. The molecule has 2 rings (SSSR count). The number of methoxy groups -OCH3 is 1. The van der Waals surface area contributed by atoms with E-state index in [4.69, 9.17) is 16.3 Å². The number of alkyl halides is 2. The van der Waals surface area contributed by atoms with Crippen LogP contribution in [0.3, 0.4) is 0 Å². The van der Waals surface area contributed by atoms with Crippen LogP contribution in [0.2, 0.25) is 5.02 Å². The number of hydrogen-bond acceptors (Lipinski definition) is 4. The van der Waals surface area contributed by atoms with E-state index >= 15 is 0 Å². The van der Waals surface area contributed by atoms with E-state index < -0.39 is 18.3 Å². The van der Waals surface area contributed by atoms with Gasteiger partial charge in [0.2, 0.25) is 5.91 Å². The maximum atomic E-state index is 13.0. The molecule has 2 N–H and O–H groups in total. The molecule has 29 heavy (non-hydrogen) atoms. The number of rotatable bonds is 9. The van der Waals surface area contributed by atoms with E-state index in [1.165, 1.54) is 25.3 Å². The number of carbonyl (C=O) groups excluding carboxylic acids is 2. The van der Waals surface area contributed by atoms with Crippen molar-refractivity contribution in [1.82, 2.24) is 10.6 Å². The summed E-state index contributed by atoms with van der Waals surface area (Å²) >= 11 is 5.80. The Labute approximate surface area is 169 Å². The number of amides is 2. The van der Waals surface area contributed by atoms with E-state index in [1.54, 1.807) is 6.07 Å². The lowest BCUT2D eigenvalue weighted by Gasteiger charge is -2.12. The van der Waals surface area contributed by atoms with Gasteiger partial charge in [-0.15, -0.1) is 0 Å². The van der Waals surface area contributed by atoms with E-state index in [2.05, 4.69) is 15.4 Å². The van der Waals surface area contributed by atoms with E-state index in [0.29, 0.717) is 5.56 Å². The Balaban J connectivity index is 1.82. The van der Waals surface area contributed by atoms with Crippen LogP contribution in [-0.2, 0) is 11.3 Å². The van der Waals surface area contributed by atoms with Crippen molar-refractivity contribution in [3.05, 3.63) is 58.4 Å². The van der Waals surface area contributed by atoms with Gasteiger partial charge < -0.3 is 20.1 Å². The summed E-state index contributed by atoms with van der Waals surface area (Å²) in [7, 11) is 1.32. The van der Waals surface area contributed by atoms with Gasteiger partial charge in [-0.1, -0.05) is 17.7 Å². The smallest absolute Gasteiger partial charge is 0.387 e. The van der Waals surface area contributed by atoms with Crippen molar-refractivity contribution >= 4 is 23.4 Å². The number of carbonyl (C=O) groups is 2. The van der Waals surface area contributed by atoms with Crippen molar-refractivity contribution in [2.45, 2.75) is 19.6 Å². The van der Waals surface area contributed by atoms with Crippen molar-refractivity contribution in [3.8, 4) is 11.5 Å². The Morgan fingerprint density at radius 3 is 2.52 bits per heavy atom. The third-order valence-electron chi connectivity index (χ3n) is 3.75. The summed E-state index contributed by atoms with van der Waals surface area (Å²) in [5.41, 5.74) is 0.621. The van der Waals surface area contributed by atoms with Gasteiger partial charge in [0, 0.05) is 19.5 Å². The number of benzene rings is 2. The van der Waals surface area contributed by atoms with Crippen molar-refractivity contribution < 1.29 is 32.2 Å². The quantitative estimate of drug-likeness (QED) is 0.638. The first-order valence-electron chi connectivity index (χ1n) is 8.42. The standard InChI is InChI=1S/C19H18ClF3N2O4/c1-28-15-5-2-11(8-16(15)29-19(22)23)10-25-17(26)6-7-24-18(27)13-4-3-12(21)9-14(13)20/h2-5,8-9,19H,6-7,10H2,1H3,(H,24,27)(H,25,26). The molecule has 0 atom stereocenters. The molecular weight excluding hydrogens is 413 g/mol. The summed E-state index contributed by atoms with van der Waals surface area (Å²) in [6.45, 7) is -2.91. The topological polar surface area (TPSA) is 76.7 Å². The molecule has 0 fully saturated rings. The Morgan fingerprint density at radius 2 is 1.86 bits per heavy atom. The maximum Gasteiger partial charge on any atom is 0.387 e. The molecular formula is C19H18ClF3N2O4. The first kappa shape index (κ1) is 22.4. The fourth-order valence-electron chi connectivity index (χ4n) is 2.37. The van der Waals surface area contributed by atoms with Gasteiger partial charge in [0.1, 0.15) is 5.82 Å². The molecule has 2 aromatic rings. The fraction of sp³-hybridized carbons (Fsp3) is 0.263. The van der Waals surface area contributed by atoms with Gasteiger partial charge in [-0.3, -0.25) is 9.59 Å². The average Bonchev–Trinajstić information content (AvgIpc) is 2.66. The third-order valence-corrected chi connectivity index (χ3v) is 4.06. The second-order valence-electron chi connectivity index (χ2n) is 5.77. The summed E-state index contributed by atoms with van der Waals surface area (Å²) in [6.07, 6.45) is -0.0267. The van der Waals surface area contributed by atoms with Crippen LogP contribution >= 0.6 is 11.6 Å². The predicted octanol–water partition coefficient (Wildman–Crippen LogP) is 3.53. The van der Waals surface area contributed by atoms with E-state index in [1.807, 2.05) is 0 Å². The molecule has 0 spiro atoms. The molecule has 0 radical (unpaired) electrons. The second-order valence-corrected chi connectivity index (χ2v) is 6.18. The zero-order valence-electron chi connectivity index (χ0n) is 15.3. The molecule has 0 bridgehead atoms. The second kappa shape index (κ2) is 10.6. The summed E-state index contributed by atoms with van der Waals surface area (Å²) in [6, 6.07) is 7.75. The Kier molecular flexibility index (Phi) is 8.14. The first-order valence-corrected chi connectivity index (χ1v) is 8.79. The van der Waals surface area contributed by atoms with Crippen LogP contribution in [0.5, 0.6) is 11.5 Å². The lowest BCUT2D eigenvalue weighted by Crippen LogP contribution is -2.30. The number of ether oxygens (including phenoxy) is 2. The molecule has 0 heterocycles. The average molecular weight is 431 g/mol. The van der Waals surface area contributed by atoms with Crippen molar-refractivity contribution in [2.24, 2.45) is 0 Å². The highest BCUT2D eigenvalue weighted by Crippen LogP contribution is 2.29. The third kappa shape index (κ3) is 6.86. The number of hydrogen-bond donors (Lipinski definition) is 2. The summed E-state index contributed by atoms with van der Waals surface area (Å²) in [5, 5.41) is 5.07. The van der Waals surface area contributed by atoms with Crippen molar-refractivity contribution in [3.63, 3.8) is 0 Å². The van der Waals surface area contributed by atoms with Crippen LogP contribution in [0, 0.1) is 5.82 Å². The lowest BCUT2D eigenvalue weighted by molar-refractivity contribution is -0.121. The molecule has 0 aliphatic carbocycles. The van der Waals surface area contributed by atoms with Gasteiger partial charge in [-0.2, -0.15) is 8.78 Å². The van der Waals surface area contributed by atoms with Crippen LogP contribution in [0.15, 0.2) is 36.4 Å². The molecule has 0 aliphatic rings. The Hall–Kier alpha value is -2.94. The largest absolute Gasteiger partial charge is 0.493 e. The number of nitrogens with one attached hydrogen (secondary N) is 2. The zero-order valence-corrected chi connectivity index (χ0v) is 16.1. The molecule has 0 saturated heterocycles. The zero-order chi connectivity index (χ0) is 21.4. The van der Waals surface area contributed by atoms with Crippen LogP contribution in [0.1, 0.15) is 22.3 Å². The SMILES string of the molecule is COc1ccc(CNC(=O)CCNC(=O)c2ccc(F)cc2Cl)cc1OC(F)F. The minimum atomic E-state index is -3.01. The van der Waals surface area contributed by atoms with Crippen molar-refractivity contribution in [1.29, 1.82) is 0 Å². The van der Waals surface area contributed by atoms with Crippen LogP contribution in [0.25, 0.3) is 0 Å². The number of halogens is 4. The van der Waals surface area contributed by atoms with E-state index in [0.717, 1.165) is 12.1 Å². The highest BCUT2D eigenvalue weighted by molar-refractivity contribution is 6.33. The minimum absolute atomic E-state index is 0.0267. The predicted molar refractivity (Wildman–Crippen MR) is 99.8 cm³/mol. The van der Waals surface area contributed by atoms with Gasteiger partial charge in [-0.25, -0.2) is 4.39 Å². The van der Waals surface area contributed by atoms with Gasteiger partial charge in [-0.05, 0) is 35.9 Å². The van der Waals surface area contributed by atoms with E-state index in [9.17, 15) is 22.8 Å². The monoisotopic (exact) mass is 430 g/mol. The molecule has 0 saturated carbocycles. The van der Waals surface area contributed by atoms with Crippen LogP contribution in [-0.4, -0.2) is 32.1 Å². The molecule has 10 heteroatoms. The summed E-state index contributed by atoms with van der Waals surface area (Å²) < 4.78 is 47.2. The van der Waals surface area contributed by atoms with E-state index in [-0.39, 0.29) is 47.5 Å². The molecule has 0 aliphatic heterocycles. The van der Waals surface area contributed by atoms with Crippen LogP contribution in [0.4, 0.5) is 13.2 Å². The maximum absolute atomic E-state index is 13.0. The first-order chi connectivity index (χ1) is 13.8. The molecule has 0 aromatic heterocycles. The Morgan fingerprint density at radius 1 is 1.10 bits per heavy atom. The molecule has 6 nitrogen and oxygen atoms in total. The highest BCUT2D eigenvalue weighted by Gasteiger charge is 2.13. The highest BCUT2D eigenvalue weighted by atomic mass is 35.5. The van der Waals surface area contributed by atoms with Gasteiger partial charge in [0.05, 0.1) is 17.7 Å². The normalized spacial score (nSPS) is 10.6. The fourth-order valence-corrected chi connectivity index (χ4v) is 2.62. The lowest BCUT2D eigenvalue weighted by atomic mass is 10.2. The van der Waals surface area contributed by atoms with Crippen molar-refractivity contribution in [2.75, 3.05) is 13.7 Å².